The zero-order valence-electron chi connectivity index (χ0n) is 18.8. The first-order valence-electron chi connectivity index (χ1n) is 10.8. The monoisotopic (exact) mass is 481 g/mol. The molecule has 1 atom stereocenters. The average Bonchev–Trinajstić information content (AvgIpc) is 2.75. The van der Waals surface area contributed by atoms with Crippen molar-refractivity contribution in [2.24, 2.45) is 5.92 Å². The fraction of sp³-hybridized carbons (Fsp3) is 0.478. The summed E-state index contributed by atoms with van der Waals surface area (Å²) in [5.41, 5.74) is 1.61. The Morgan fingerprint density at radius 3 is 2.25 bits per heavy atom. The Morgan fingerprint density at radius 1 is 1.12 bits per heavy atom. The highest BCUT2D eigenvalue weighted by molar-refractivity contribution is 7.89. The Kier molecular flexibility index (Phi) is 8.57. The van der Waals surface area contributed by atoms with Gasteiger partial charge < -0.3 is 9.87 Å². The molecule has 1 aliphatic heterocycles. The van der Waals surface area contributed by atoms with E-state index < -0.39 is 21.4 Å². The Hall–Kier alpha value is -1.65. The number of anilines is 1. The van der Waals surface area contributed by atoms with Crippen LogP contribution in [0.4, 0.5) is 10.1 Å². The number of hydrogen-bond donors (Lipinski definition) is 1. The second kappa shape index (κ2) is 11.0. The SMILES string of the molecule is CC(C)CN(Cc1ccc(F)cc1)S(=O)(=O)c1ccc(NC2CCN([S+](C)[O-])CC2)cc1. The molecule has 176 valence electrons. The Labute approximate surface area is 194 Å². The number of sulfonamides is 1. The zero-order valence-corrected chi connectivity index (χ0v) is 20.5. The van der Waals surface area contributed by atoms with E-state index in [9.17, 15) is 17.4 Å². The molecule has 1 N–H and O–H groups in total. The number of piperidine rings is 1. The van der Waals surface area contributed by atoms with E-state index >= 15 is 0 Å². The van der Waals surface area contributed by atoms with Crippen molar-refractivity contribution >= 4 is 27.1 Å². The summed E-state index contributed by atoms with van der Waals surface area (Å²) in [6, 6.07) is 13.0. The Morgan fingerprint density at radius 2 is 1.72 bits per heavy atom. The molecule has 1 heterocycles. The van der Waals surface area contributed by atoms with Crippen LogP contribution in [0.15, 0.2) is 53.4 Å². The van der Waals surface area contributed by atoms with Crippen molar-refractivity contribution in [1.29, 1.82) is 0 Å². The first kappa shape index (κ1) is 25.0. The Balaban J connectivity index is 1.69. The fourth-order valence-corrected chi connectivity index (χ4v) is 6.13. The van der Waals surface area contributed by atoms with Crippen LogP contribution in [0.2, 0.25) is 0 Å². The number of halogens is 1. The van der Waals surface area contributed by atoms with Crippen molar-refractivity contribution < 1.29 is 17.4 Å². The first-order chi connectivity index (χ1) is 15.1. The van der Waals surface area contributed by atoms with Crippen LogP contribution in [-0.2, 0) is 27.9 Å². The predicted octanol–water partition coefficient (Wildman–Crippen LogP) is 3.84. The summed E-state index contributed by atoms with van der Waals surface area (Å²) in [7, 11) is -3.70. The largest absolute Gasteiger partial charge is 0.598 e. The molecule has 32 heavy (non-hydrogen) atoms. The number of rotatable bonds is 9. The lowest BCUT2D eigenvalue weighted by molar-refractivity contribution is 0.331. The summed E-state index contributed by atoms with van der Waals surface area (Å²) in [6.07, 6.45) is 3.48. The van der Waals surface area contributed by atoms with Crippen molar-refractivity contribution in [3.05, 3.63) is 59.9 Å². The van der Waals surface area contributed by atoms with Gasteiger partial charge in [0, 0.05) is 49.3 Å². The van der Waals surface area contributed by atoms with Gasteiger partial charge >= 0.3 is 0 Å². The van der Waals surface area contributed by atoms with E-state index in [2.05, 4.69) is 5.32 Å². The molecular formula is C23H32FN3O3S2. The maximum Gasteiger partial charge on any atom is 0.243 e. The molecule has 0 spiro atoms. The minimum Gasteiger partial charge on any atom is -0.598 e. The molecule has 0 amide bonds. The minimum absolute atomic E-state index is 0.148. The second-order valence-corrected chi connectivity index (χ2v) is 11.9. The first-order valence-corrected chi connectivity index (χ1v) is 13.8. The normalized spacial score (nSPS) is 17.1. The van der Waals surface area contributed by atoms with E-state index in [4.69, 9.17) is 0 Å². The molecule has 6 nitrogen and oxygen atoms in total. The zero-order chi connectivity index (χ0) is 23.3. The second-order valence-electron chi connectivity index (χ2n) is 8.61. The van der Waals surface area contributed by atoms with E-state index in [1.807, 2.05) is 18.2 Å². The molecule has 1 saturated heterocycles. The van der Waals surface area contributed by atoms with Crippen molar-refractivity contribution in [1.82, 2.24) is 8.61 Å². The molecule has 1 unspecified atom stereocenters. The summed E-state index contributed by atoms with van der Waals surface area (Å²) < 4.78 is 54.9. The summed E-state index contributed by atoms with van der Waals surface area (Å²) in [6.45, 7) is 6.07. The van der Waals surface area contributed by atoms with Gasteiger partial charge in [0.05, 0.1) is 4.90 Å². The molecular weight excluding hydrogens is 449 g/mol. The van der Waals surface area contributed by atoms with Gasteiger partial charge in [0.15, 0.2) is 0 Å². The van der Waals surface area contributed by atoms with Gasteiger partial charge in [0.1, 0.15) is 12.1 Å². The van der Waals surface area contributed by atoms with E-state index in [0.29, 0.717) is 6.54 Å². The standard InChI is InChI=1S/C23H32FN3O3S2/c1-18(2)16-27(17-19-4-6-20(24)7-5-19)32(29,30)23-10-8-21(9-11-23)25-22-12-14-26(15-13-22)31(3)28/h4-11,18,22,25H,12-17H2,1-3H3. The van der Waals surface area contributed by atoms with Gasteiger partial charge in [0.25, 0.3) is 0 Å². The summed E-state index contributed by atoms with van der Waals surface area (Å²) >= 11 is -0.936. The van der Waals surface area contributed by atoms with Crippen LogP contribution >= 0.6 is 0 Å². The molecule has 1 fully saturated rings. The van der Waals surface area contributed by atoms with Crippen LogP contribution in [0.1, 0.15) is 32.3 Å². The maximum atomic E-state index is 13.3. The third-order valence-electron chi connectivity index (χ3n) is 5.52. The number of nitrogens with one attached hydrogen (secondary N) is 1. The summed E-state index contributed by atoms with van der Waals surface area (Å²) in [4.78, 5) is 0.238. The van der Waals surface area contributed by atoms with E-state index in [-0.39, 0.29) is 29.2 Å². The lowest BCUT2D eigenvalue weighted by atomic mass is 10.1. The van der Waals surface area contributed by atoms with Crippen LogP contribution in [0.3, 0.4) is 0 Å². The molecule has 0 aromatic heterocycles. The number of benzene rings is 2. The van der Waals surface area contributed by atoms with Gasteiger partial charge in [-0.2, -0.15) is 4.31 Å². The lowest BCUT2D eigenvalue weighted by Gasteiger charge is -2.31. The summed E-state index contributed by atoms with van der Waals surface area (Å²) in [5.74, 6) is -0.196. The number of nitrogens with zero attached hydrogens (tertiary/aromatic N) is 2. The van der Waals surface area contributed by atoms with Gasteiger partial charge in [-0.1, -0.05) is 26.0 Å². The smallest absolute Gasteiger partial charge is 0.243 e. The quantitative estimate of drug-likeness (QED) is 0.551. The van der Waals surface area contributed by atoms with Gasteiger partial charge in [-0.05, 0) is 60.7 Å². The molecule has 0 saturated carbocycles. The molecule has 0 aliphatic carbocycles. The highest BCUT2D eigenvalue weighted by Gasteiger charge is 2.27. The average molecular weight is 482 g/mol. The fourth-order valence-electron chi connectivity index (χ4n) is 3.81. The third kappa shape index (κ3) is 6.68. The molecule has 2 aromatic carbocycles. The van der Waals surface area contributed by atoms with Crippen LogP contribution < -0.4 is 5.32 Å². The Bertz CT molecular complexity index is 959. The van der Waals surface area contributed by atoms with Crippen LogP contribution in [0.25, 0.3) is 0 Å². The van der Waals surface area contributed by atoms with Crippen LogP contribution in [0.5, 0.6) is 0 Å². The lowest BCUT2D eigenvalue weighted by Crippen LogP contribution is -2.41. The topological polar surface area (TPSA) is 75.7 Å². The third-order valence-corrected chi connectivity index (χ3v) is 8.44. The predicted molar refractivity (Wildman–Crippen MR) is 128 cm³/mol. The van der Waals surface area contributed by atoms with Crippen LogP contribution in [-0.4, -0.2) is 53.5 Å². The van der Waals surface area contributed by atoms with Gasteiger partial charge in [-0.25, -0.2) is 12.8 Å². The molecule has 1 aliphatic rings. The molecule has 9 heteroatoms. The summed E-state index contributed by atoms with van der Waals surface area (Å²) in [5, 5.41) is 3.46. The van der Waals surface area contributed by atoms with Crippen molar-refractivity contribution in [2.45, 2.75) is 44.2 Å². The molecule has 3 rings (SSSR count). The van der Waals surface area contributed by atoms with Crippen LogP contribution in [0, 0.1) is 11.7 Å². The van der Waals surface area contributed by atoms with Crippen molar-refractivity contribution in [3.63, 3.8) is 0 Å². The van der Waals surface area contributed by atoms with E-state index in [1.165, 1.54) is 16.4 Å². The van der Waals surface area contributed by atoms with Crippen molar-refractivity contribution in [3.8, 4) is 0 Å². The van der Waals surface area contributed by atoms with E-state index in [0.717, 1.165) is 37.2 Å². The maximum absolute atomic E-state index is 13.3. The molecule has 0 radical (unpaired) electrons. The molecule has 2 aromatic rings. The van der Waals surface area contributed by atoms with Gasteiger partial charge in [-0.3, -0.25) is 0 Å². The highest BCUT2D eigenvalue weighted by Crippen LogP contribution is 2.24. The van der Waals surface area contributed by atoms with Gasteiger partial charge in [0.2, 0.25) is 10.0 Å². The number of hydrogen-bond acceptors (Lipinski definition) is 5. The van der Waals surface area contributed by atoms with E-state index in [1.54, 1.807) is 42.7 Å². The minimum atomic E-state index is -3.70. The van der Waals surface area contributed by atoms with Gasteiger partial charge in [-0.15, -0.1) is 4.31 Å². The van der Waals surface area contributed by atoms with Crippen molar-refractivity contribution in [2.75, 3.05) is 31.2 Å². The molecule has 0 bridgehead atoms. The highest BCUT2D eigenvalue weighted by atomic mass is 32.2.